The highest BCUT2D eigenvalue weighted by Crippen LogP contribution is 2.17. The fourth-order valence-corrected chi connectivity index (χ4v) is 2.65. The lowest BCUT2D eigenvalue weighted by Gasteiger charge is -2.10. The van der Waals surface area contributed by atoms with E-state index in [-0.39, 0.29) is 5.91 Å². The Morgan fingerprint density at radius 1 is 0.917 bits per heavy atom. The van der Waals surface area contributed by atoms with E-state index in [1.54, 1.807) is 36.7 Å². The van der Waals surface area contributed by atoms with Crippen LogP contribution < -0.4 is 5.32 Å². The van der Waals surface area contributed by atoms with Gasteiger partial charge in [-0.25, -0.2) is 0 Å². The highest BCUT2D eigenvalue weighted by Gasteiger charge is 2.11. The van der Waals surface area contributed by atoms with Crippen LogP contribution in [0.1, 0.15) is 21.5 Å². The number of carbonyl (C=O) groups excluding carboxylic acids is 1. The van der Waals surface area contributed by atoms with Gasteiger partial charge in [0.1, 0.15) is 0 Å². The average Bonchev–Trinajstić information content (AvgIpc) is 2.63. The summed E-state index contributed by atoms with van der Waals surface area (Å²) in [7, 11) is 0. The van der Waals surface area contributed by atoms with E-state index in [4.69, 9.17) is 11.6 Å². The summed E-state index contributed by atoms with van der Waals surface area (Å²) in [5, 5.41) is 3.56. The Balaban J connectivity index is 1.73. The Labute approximate surface area is 146 Å². The molecule has 1 heterocycles. The first-order valence-corrected chi connectivity index (χ1v) is 8.14. The number of amides is 1. The maximum absolute atomic E-state index is 12.6. The number of aryl methyl sites for hydroxylation is 2. The molecule has 0 atom stereocenters. The van der Waals surface area contributed by atoms with Crippen molar-refractivity contribution in [1.82, 2.24) is 4.98 Å². The second-order valence-corrected chi connectivity index (χ2v) is 5.91. The molecule has 120 valence electrons. The number of benzene rings is 2. The summed E-state index contributed by atoms with van der Waals surface area (Å²) in [5.74, 6) is -0.109. The lowest BCUT2D eigenvalue weighted by Crippen LogP contribution is -2.14. The third-order valence-corrected chi connectivity index (χ3v) is 4.05. The van der Waals surface area contributed by atoms with Gasteiger partial charge in [0.05, 0.1) is 0 Å². The van der Waals surface area contributed by atoms with Crippen molar-refractivity contribution < 1.29 is 4.79 Å². The smallest absolute Gasteiger partial charge is 0.255 e. The molecule has 0 unspecified atom stereocenters. The minimum absolute atomic E-state index is 0.109. The van der Waals surface area contributed by atoms with Crippen molar-refractivity contribution in [3.8, 4) is 0 Å². The number of nitrogens with one attached hydrogen (secondary N) is 1. The van der Waals surface area contributed by atoms with Crippen LogP contribution >= 0.6 is 11.6 Å². The van der Waals surface area contributed by atoms with Crippen LogP contribution in [0.3, 0.4) is 0 Å². The van der Waals surface area contributed by atoms with Crippen molar-refractivity contribution in [2.45, 2.75) is 12.8 Å². The first-order valence-electron chi connectivity index (χ1n) is 7.76. The molecule has 24 heavy (non-hydrogen) atoms. The van der Waals surface area contributed by atoms with Crippen LogP contribution in [-0.4, -0.2) is 10.9 Å². The molecule has 3 aromatic rings. The van der Waals surface area contributed by atoms with E-state index in [1.165, 1.54) is 5.56 Å². The number of halogens is 1. The predicted octanol–water partition coefficient (Wildman–Crippen LogP) is 4.77. The van der Waals surface area contributed by atoms with E-state index in [2.05, 4.69) is 10.3 Å². The molecule has 2 aromatic carbocycles. The zero-order valence-corrected chi connectivity index (χ0v) is 13.8. The van der Waals surface area contributed by atoms with Crippen LogP contribution in [0, 0.1) is 0 Å². The molecule has 0 aliphatic rings. The minimum atomic E-state index is -0.109. The summed E-state index contributed by atoms with van der Waals surface area (Å²) < 4.78 is 0. The molecule has 0 radical (unpaired) electrons. The van der Waals surface area contributed by atoms with Crippen LogP contribution in [0.15, 0.2) is 73.1 Å². The molecule has 0 fully saturated rings. The molecule has 1 N–H and O–H groups in total. The van der Waals surface area contributed by atoms with Gasteiger partial charge in [-0.3, -0.25) is 9.78 Å². The maximum atomic E-state index is 12.6. The maximum Gasteiger partial charge on any atom is 0.255 e. The van der Waals surface area contributed by atoms with Crippen molar-refractivity contribution in [3.63, 3.8) is 0 Å². The van der Waals surface area contributed by atoms with Gasteiger partial charge in [-0.1, -0.05) is 29.8 Å². The predicted molar refractivity (Wildman–Crippen MR) is 97.5 cm³/mol. The van der Waals surface area contributed by atoms with Gasteiger partial charge < -0.3 is 5.32 Å². The molecular formula is C20H17ClN2O. The van der Waals surface area contributed by atoms with Gasteiger partial charge in [-0.05, 0) is 66.4 Å². The molecule has 0 bridgehead atoms. The fraction of sp³-hybridized carbons (Fsp3) is 0.100. The summed E-state index contributed by atoms with van der Waals surface area (Å²) in [6.45, 7) is 0. The van der Waals surface area contributed by atoms with E-state index in [1.807, 2.05) is 36.4 Å². The van der Waals surface area contributed by atoms with Crippen molar-refractivity contribution in [3.05, 3.63) is 94.8 Å². The van der Waals surface area contributed by atoms with Gasteiger partial charge >= 0.3 is 0 Å². The van der Waals surface area contributed by atoms with Gasteiger partial charge in [-0.15, -0.1) is 0 Å². The normalized spacial score (nSPS) is 10.4. The first kappa shape index (κ1) is 16.2. The van der Waals surface area contributed by atoms with Crippen molar-refractivity contribution in [2.75, 3.05) is 5.32 Å². The molecule has 3 rings (SSSR count). The zero-order valence-electron chi connectivity index (χ0n) is 13.1. The Bertz CT molecular complexity index is 817. The van der Waals surface area contributed by atoms with E-state index in [0.717, 1.165) is 24.1 Å². The topological polar surface area (TPSA) is 42.0 Å². The van der Waals surface area contributed by atoms with Gasteiger partial charge in [0, 0.05) is 28.7 Å². The Morgan fingerprint density at radius 2 is 1.62 bits per heavy atom. The van der Waals surface area contributed by atoms with Crippen LogP contribution in [0.5, 0.6) is 0 Å². The van der Waals surface area contributed by atoms with Crippen molar-refractivity contribution in [2.24, 2.45) is 0 Å². The number of nitrogens with zero attached hydrogens (tertiary/aromatic N) is 1. The highest BCUT2D eigenvalue weighted by molar-refractivity contribution is 6.30. The highest BCUT2D eigenvalue weighted by atomic mass is 35.5. The van der Waals surface area contributed by atoms with Gasteiger partial charge in [-0.2, -0.15) is 0 Å². The molecule has 3 nitrogen and oxygen atoms in total. The van der Waals surface area contributed by atoms with E-state index < -0.39 is 0 Å². The van der Waals surface area contributed by atoms with Crippen molar-refractivity contribution >= 4 is 23.2 Å². The molecular weight excluding hydrogens is 320 g/mol. The number of hydrogen-bond donors (Lipinski definition) is 1. The lowest BCUT2D eigenvalue weighted by atomic mass is 9.99. The van der Waals surface area contributed by atoms with Crippen LogP contribution in [0.2, 0.25) is 5.02 Å². The largest absolute Gasteiger partial charge is 0.322 e. The molecule has 0 saturated heterocycles. The Morgan fingerprint density at radius 3 is 2.38 bits per heavy atom. The first-order chi connectivity index (χ1) is 11.7. The molecule has 0 aliphatic carbocycles. The average molecular weight is 337 g/mol. The monoisotopic (exact) mass is 336 g/mol. The Kier molecular flexibility index (Phi) is 5.24. The lowest BCUT2D eigenvalue weighted by molar-refractivity contribution is 0.102. The van der Waals surface area contributed by atoms with Gasteiger partial charge in [0.15, 0.2) is 0 Å². The quantitative estimate of drug-likeness (QED) is 0.729. The number of carbonyl (C=O) groups is 1. The summed E-state index contributed by atoms with van der Waals surface area (Å²) >= 11 is 5.87. The van der Waals surface area contributed by atoms with E-state index in [0.29, 0.717) is 10.6 Å². The van der Waals surface area contributed by atoms with Crippen LogP contribution in [0.4, 0.5) is 5.69 Å². The number of pyridine rings is 1. The minimum Gasteiger partial charge on any atom is -0.322 e. The SMILES string of the molecule is O=C(Nc1ccc(Cl)cc1)c1ccccc1CCc1ccncc1. The summed E-state index contributed by atoms with van der Waals surface area (Å²) in [5.41, 5.74) is 3.66. The summed E-state index contributed by atoms with van der Waals surface area (Å²) in [4.78, 5) is 16.6. The molecule has 1 amide bonds. The second kappa shape index (κ2) is 7.75. The van der Waals surface area contributed by atoms with Crippen LogP contribution in [0.25, 0.3) is 0 Å². The fourth-order valence-electron chi connectivity index (χ4n) is 2.52. The van der Waals surface area contributed by atoms with Crippen molar-refractivity contribution in [1.29, 1.82) is 0 Å². The van der Waals surface area contributed by atoms with Gasteiger partial charge in [0.25, 0.3) is 5.91 Å². The van der Waals surface area contributed by atoms with Crippen LogP contribution in [-0.2, 0) is 12.8 Å². The van der Waals surface area contributed by atoms with E-state index >= 15 is 0 Å². The number of anilines is 1. The molecule has 0 spiro atoms. The number of rotatable bonds is 5. The molecule has 0 saturated carbocycles. The summed E-state index contributed by atoms with van der Waals surface area (Å²) in [6, 6.07) is 18.8. The standard InChI is InChI=1S/C20H17ClN2O/c21-17-7-9-18(10-8-17)23-20(24)19-4-2-1-3-16(19)6-5-15-11-13-22-14-12-15/h1-4,7-14H,5-6H2,(H,23,24). The third-order valence-electron chi connectivity index (χ3n) is 3.80. The number of hydrogen-bond acceptors (Lipinski definition) is 2. The Hall–Kier alpha value is -2.65. The molecule has 4 heteroatoms. The third kappa shape index (κ3) is 4.21. The summed E-state index contributed by atoms with van der Waals surface area (Å²) in [6.07, 6.45) is 5.24. The second-order valence-electron chi connectivity index (χ2n) is 5.47. The van der Waals surface area contributed by atoms with E-state index in [9.17, 15) is 4.79 Å². The number of aromatic nitrogens is 1. The molecule has 0 aliphatic heterocycles. The molecule has 1 aromatic heterocycles. The zero-order chi connectivity index (χ0) is 16.8. The van der Waals surface area contributed by atoms with Gasteiger partial charge in [0.2, 0.25) is 0 Å².